The molecule has 0 aliphatic heterocycles. The van der Waals surface area contributed by atoms with E-state index in [2.05, 4.69) is 0 Å². The van der Waals surface area contributed by atoms with Crippen LogP contribution in [0, 0.1) is 11.6 Å². The molecule has 0 spiro atoms. The maximum Gasteiger partial charge on any atom is 0.148 e. The minimum Gasteiger partial charge on any atom is -0.344 e. The number of hydrogen-bond donors (Lipinski definition) is 0. The molecule has 0 bridgehead atoms. The van der Waals surface area contributed by atoms with Gasteiger partial charge in [0.05, 0.1) is 11.3 Å². The van der Waals surface area contributed by atoms with E-state index in [-0.39, 0.29) is 16.7 Å². The summed E-state index contributed by atoms with van der Waals surface area (Å²) < 4.78 is 51.2. The second-order valence-corrected chi connectivity index (χ2v) is 7.49. The van der Waals surface area contributed by atoms with E-state index in [4.69, 9.17) is 0 Å². The predicted molar refractivity (Wildman–Crippen MR) is 79.1 cm³/mol. The summed E-state index contributed by atoms with van der Waals surface area (Å²) in [5, 5.41) is 0.258. The molecular formula is C14H18F2N2O2S. The van der Waals surface area contributed by atoms with E-state index in [1.54, 1.807) is 23.9 Å². The number of hydrogen-bond acceptors (Lipinski definition) is 3. The van der Waals surface area contributed by atoms with Gasteiger partial charge < -0.3 is 9.47 Å². The van der Waals surface area contributed by atoms with Crippen LogP contribution >= 0.6 is 0 Å². The highest BCUT2D eigenvalue weighted by Crippen LogP contribution is 2.22. The predicted octanol–water partition coefficient (Wildman–Crippen LogP) is 1.90. The van der Waals surface area contributed by atoms with Gasteiger partial charge in [-0.25, -0.2) is 17.2 Å². The van der Waals surface area contributed by atoms with E-state index < -0.39 is 21.5 Å². The van der Waals surface area contributed by atoms with Gasteiger partial charge in [0.2, 0.25) is 0 Å². The van der Waals surface area contributed by atoms with Gasteiger partial charge in [-0.1, -0.05) is 0 Å². The second-order valence-electron chi connectivity index (χ2n) is 5.23. The number of rotatable bonds is 6. The molecule has 4 nitrogen and oxygen atoms in total. The van der Waals surface area contributed by atoms with Gasteiger partial charge in [0.1, 0.15) is 21.5 Å². The minimum absolute atomic E-state index is 0.0823. The molecule has 21 heavy (non-hydrogen) atoms. The Balaban J connectivity index is 2.06. The lowest BCUT2D eigenvalue weighted by Gasteiger charge is -2.16. The van der Waals surface area contributed by atoms with E-state index in [1.165, 1.54) is 6.26 Å². The molecule has 0 N–H and O–H groups in total. The quantitative estimate of drug-likeness (QED) is 0.817. The Morgan fingerprint density at radius 2 is 1.81 bits per heavy atom. The average Bonchev–Trinajstić information content (AvgIpc) is 2.83. The highest BCUT2D eigenvalue weighted by molar-refractivity contribution is 7.90. The second kappa shape index (κ2) is 6.11. The molecule has 0 radical (unpaired) electrons. The van der Waals surface area contributed by atoms with Crippen LogP contribution in [-0.2, 0) is 16.4 Å². The number of fused-ring (bicyclic) bond motifs is 1. The van der Waals surface area contributed by atoms with Crippen molar-refractivity contribution in [1.82, 2.24) is 9.47 Å². The third-order valence-corrected chi connectivity index (χ3v) is 4.31. The Labute approximate surface area is 122 Å². The molecule has 2 rings (SSSR count). The summed E-state index contributed by atoms with van der Waals surface area (Å²) in [6, 6.07) is 3.77. The van der Waals surface area contributed by atoms with Crippen molar-refractivity contribution in [2.45, 2.75) is 6.54 Å². The molecule has 0 unspecified atom stereocenters. The maximum absolute atomic E-state index is 13.8. The molecule has 1 aromatic carbocycles. The zero-order valence-electron chi connectivity index (χ0n) is 12.0. The van der Waals surface area contributed by atoms with Crippen molar-refractivity contribution in [1.29, 1.82) is 0 Å². The zero-order valence-corrected chi connectivity index (χ0v) is 12.8. The third-order valence-electron chi connectivity index (χ3n) is 3.39. The van der Waals surface area contributed by atoms with E-state index in [0.29, 0.717) is 19.6 Å². The zero-order chi connectivity index (χ0) is 15.6. The van der Waals surface area contributed by atoms with Crippen LogP contribution in [0.25, 0.3) is 10.9 Å². The standard InChI is InChI=1S/C14H18F2N2O2S/c1-17(9-10-21(2,19)20)7-8-18-6-5-11-12(15)3-4-13(16)14(11)18/h3-6H,7-10H2,1-2H3. The van der Waals surface area contributed by atoms with Gasteiger partial charge in [0, 0.05) is 37.5 Å². The molecule has 2 aromatic rings. The largest absolute Gasteiger partial charge is 0.344 e. The number of aromatic nitrogens is 1. The Morgan fingerprint density at radius 3 is 2.48 bits per heavy atom. The smallest absolute Gasteiger partial charge is 0.148 e. The number of likely N-dealkylation sites (N-methyl/N-ethyl adjacent to an activating group) is 1. The Bertz CT molecular complexity index is 741. The lowest BCUT2D eigenvalue weighted by Crippen LogP contribution is -2.28. The van der Waals surface area contributed by atoms with Gasteiger partial charge in [0.25, 0.3) is 0 Å². The summed E-state index contributed by atoms with van der Waals surface area (Å²) in [6.45, 7) is 1.42. The van der Waals surface area contributed by atoms with E-state index in [9.17, 15) is 17.2 Å². The van der Waals surface area contributed by atoms with E-state index in [1.807, 2.05) is 4.90 Å². The number of sulfone groups is 1. The first-order valence-corrected chi connectivity index (χ1v) is 8.63. The molecule has 116 valence electrons. The molecule has 0 fully saturated rings. The minimum atomic E-state index is -3.00. The van der Waals surface area contributed by atoms with Crippen LogP contribution in [0.15, 0.2) is 24.4 Å². The maximum atomic E-state index is 13.8. The molecular weight excluding hydrogens is 298 g/mol. The fraction of sp³-hybridized carbons (Fsp3) is 0.429. The normalized spacial score (nSPS) is 12.4. The Hall–Kier alpha value is -1.47. The summed E-state index contributed by atoms with van der Waals surface area (Å²) in [4.78, 5) is 1.85. The summed E-state index contributed by atoms with van der Waals surface area (Å²) in [7, 11) is -1.20. The SMILES string of the molecule is CN(CCn1ccc2c(F)ccc(F)c21)CCS(C)(=O)=O. The highest BCUT2D eigenvalue weighted by atomic mass is 32.2. The lowest BCUT2D eigenvalue weighted by molar-refractivity contribution is 0.337. The van der Waals surface area contributed by atoms with Crippen molar-refractivity contribution in [3.8, 4) is 0 Å². The van der Waals surface area contributed by atoms with Gasteiger partial charge in [-0.3, -0.25) is 0 Å². The monoisotopic (exact) mass is 316 g/mol. The van der Waals surface area contributed by atoms with Crippen molar-refractivity contribution < 1.29 is 17.2 Å². The van der Waals surface area contributed by atoms with E-state index in [0.717, 1.165) is 12.1 Å². The van der Waals surface area contributed by atoms with Crippen LogP contribution in [0.4, 0.5) is 8.78 Å². The van der Waals surface area contributed by atoms with Gasteiger partial charge in [-0.15, -0.1) is 0 Å². The summed E-state index contributed by atoms with van der Waals surface area (Å²) in [5.41, 5.74) is 0.242. The van der Waals surface area contributed by atoms with Crippen molar-refractivity contribution in [3.63, 3.8) is 0 Å². The van der Waals surface area contributed by atoms with Gasteiger partial charge in [-0.2, -0.15) is 0 Å². The Kier molecular flexibility index (Phi) is 4.63. The van der Waals surface area contributed by atoms with Crippen molar-refractivity contribution in [3.05, 3.63) is 36.0 Å². The molecule has 0 saturated carbocycles. The summed E-state index contributed by atoms with van der Waals surface area (Å²) >= 11 is 0. The summed E-state index contributed by atoms with van der Waals surface area (Å²) in [5.74, 6) is -0.829. The molecule has 0 amide bonds. The lowest BCUT2D eigenvalue weighted by atomic mass is 10.2. The molecule has 1 heterocycles. The highest BCUT2D eigenvalue weighted by Gasteiger charge is 2.11. The van der Waals surface area contributed by atoms with Crippen LogP contribution in [0.5, 0.6) is 0 Å². The fourth-order valence-electron chi connectivity index (χ4n) is 2.14. The fourth-order valence-corrected chi connectivity index (χ4v) is 2.79. The third kappa shape index (κ3) is 4.01. The molecule has 7 heteroatoms. The van der Waals surface area contributed by atoms with Crippen LogP contribution in [0.2, 0.25) is 0 Å². The number of halogens is 2. The molecule has 0 atom stereocenters. The molecule has 1 aromatic heterocycles. The van der Waals surface area contributed by atoms with Crippen LogP contribution in [0.3, 0.4) is 0 Å². The van der Waals surface area contributed by atoms with Crippen LogP contribution < -0.4 is 0 Å². The molecule has 0 aliphatic rings. The van der Waals surface area contributed by atoms with Gasteiger partial charge in [0.15, 0.2) is 0 Å². The van der Waals surface area contributed by atoms with Crippen molar-refractivity contribution >= 4 is 20.7 Å². The van der Waals surface area contributed by atoms with Gasteiger partial charge in [-0.05, 0) is 25.2 Å². The van der Waals surface area contributed by atoms with Gasteiger partial charge >= 0.3 is 0 Å². The van der Waals surface area contributed by atoms with Crippen LogP contribution in [-0.4, -0.2) is 50.0 Å². The number of nitrogens with zero attached hydrogens (tertiary/aromatic N) is 2. The molecule has 0 saturated heterocycles. The van der Waals surface area contributed by atoms with Crippen molar-refractivity contribution in [2.24, 2.45) is 0 Å². The molecule has 0 aliphatic carbocycles. The summed E-state index contributed by atoms with van der Waals surface area (Å²) in [6.07, 6.45) is 2.83. The Morgan fingerprint density at radius 1 is 1.14 bits per heavy atom. The van der Waals surface area contributed by atoms with E-state index >= 15 is 0 Å². The first-order valence-electron chi connectivity index (χ1n) is 6.57. The van der Waals surface area contributed by atoms with Crippen LogP contribution in [0.1, 0.15) is 0 Å². The first kappa shape index (κ1) is 15.9. The number of benzene rings is 1. The first-order chi connectivity index (χ1) is 9.78. The topological polar surface area (TPSA) is 42.3 Å². The van der Waals surface area contributed by atoms with Crippen molar-refractivity contribution in [2.75, 3.05) is 32.1 Å². The average molecular weight is 316 g/mol.